The maximum Gasteiger partial charge on any atom is 0.338 e. The fraction of sp³-hybridized carbons (Fsp3) is 0.533. The number of hydrogen-bond donors (Lipinski definition) is 1. The number of nitrogens with two attached hydrogens (primary N) is 1. The summed E-state index contributed by atoms with van der Waals surface area (Å²) in [6.07, 6.45) is 5.53. The molecule has 2 atom stereocenters. The van der Waals surface area contributed by atoms with Crippen molar-refractivity contribution in [3.63, 3.8) is 0 Å². The Balaban J connectivity index is 1.98. The van der Waals surface area contributed by atoms with E-state index in [1.54, 1.807) is 18.2 Å². The SMILES string of the molecule is CCC1CCCC(OC(=O)c2ccc(Cl)c(N)c2)C1. The van der Waals surface area contributed by atoms with Crippen LogP contribution < -0.4 is 5.73 Å². The zero-order valence-electron chi connectivity index (χ0n) is 11.2. The van der Waals surface area contributed by atoms with Crippen molar-refractivity contribution in [2.24, 2.45) is 5.92 Å². The predicted octanol–water partition coefficient (Wildman–Crippen LogP) is 4.05. The first-order valence-corrected chi connectivity index (χ1v) is 7.24. The van der Waals surface area contributed by atoms with Crippen LogP contribution in [0.4, 0.5) is 5.69 Å². The third-order valence-electron chi connectivity index (χ3n) is 3.82. The van der Waals surface area contributed by atoms with Crippen LogP contribution in [0.25, 0.3) is 0 Å². The first-order chi connectivity index (χ1) is 9.10. The third-order valence-corrected chi connectivity index (χ3v) is 4.16. The molecule has 1 fully saturated rings. The van der Waals surface area contributed by atoms with E-state index in [1.807, 2.05) is 0 Å². The molecule has 2 N–H and O–H groups in total. The Morgan fingerprint density at radius 3 is 2.95 bits per heavy atom. The summed E-state index contributed by atoms with van der Waals surface area (Å²) < 4.78 is 5.57. The fourth-order valence-corrected chi connectivity index (χ4v) is 2.73. The number of nitrogen functional groups attached to an aromatic ring is 1. The summed E-state index contributed by atoms with van der Waals surface area (Å²) in [7, 11) is 0. The van der Waals surface area contributed by atoms with Crippen LogP contribution in [-0.4, -0.2) is 12.1 Å². The van der Waals surface area contributed by atoms with Gasteiger partial charge in [0.15, 0.2) is 0 Å². The Labute approximate surface area is 119 Å². The molecule has 0 aromatic heterocycles. The number of ether oxygens (including phenoxy) is 1. The Morgan fingerprint density at radius 2 is 2.26 bits per heavy atom. The van der Waals surface area contributed by atoms with E-state index in [1.165, 1.54) is 6.42 Å². The van der Waals surface area contributed by atoms with Crippen LogP contribution >= 0.6 is 11.6 Å². The van der Waals surface area contributed by atoms with Crippen LogP contribution in [-0.2, 0) is 4.74 Å². The molecule has 0 amide bonds. The summed E-state index contributed by atoms with van der Waals surface area (Å²) in [5.74, 6) is 0.381. The largest absolute Gasteiger partial charge is 0.459 e. The normalized spacial score (nSPS) is 23.1. The second kappa shape index (κ2) is 6.29. The quantitative estimate of drug-likeness (QED) is 0.672. The molecule has 3 nitrogen and oxygen atoms in total. The van der Waals surface area contributed by atoms with Gasteiger partial charge in [-0.1, -0.05) is 31.4 Å². The number of benzene rings is 1. The standard InChI is InChI=1S/C15H20ClNO2/c1-2-10-4-3-5-12(8-10)19-15(18)11-6-7-13(16)14(17)9-11/h6-7,9-10,12H,2-5,8,17H2,1H3. The number of halogens is 1. The number of rotatable bonds is 3. The van der Waals surface area contributed by atoms with E-state index in [0.717, 1.165) is 25.7 Å². The molecule has 0 aliphatic heterocycles. The molecule has 4 heteroatoms. The van der Waals surface area contributed by atoms with Gasteiger partial charge in [0, 0.05) is 0 Å². The average Bonchev–Trinajstić information content (AvgIpc) is 2.42. The minimum absolute atomic E-state index is 0.0445. The molecule has 0 heterocycles. The molecule has 0 saturated heterocycles. The summed E-state index contributed by atoms with van der Waals surface area (Å²) >= 11 is 5.84. The molecule has 0 radical (unpaired) electrons. The van der Waals surface area contributed by atoms with Crippen molar-refractivity contribution in [3.8, 4) is 0 Å². The maximum atomic E-state index is 12.1. The highest BCUT2D eigenvalue weighted by molar-refractivity contribution is 6.33. The van der Waals surface area contributed by atoms with Gasteiger partial charge in [0.25, 0.3) is 0 Å². The molecule has 1 aromatic carbocycles. The molecule has 1 saturated carbocycles. The molecule has 2 unspecified atom stereocenters. The van der Waals surface area contributed by atoms with Crippen LogP contribution in [0, 0.1) is 5.92 Å². The summed E-state index contributed by atoms with van der Waals surface area (Å²) in [4.78, 5) is 12.1. The van der Waals surface area contributed by atoms with E-state index in [-0.39, 0.29) is 12.1 Å². The minimum Gasteiger partial charge on any atom is -0.459 e. The second-order valence-electron chi connectivity index (χ2n) is 5.20. The highest BCUT2D eigenvalue weighted by atomic mass is 35.5. The second-order valence-corrected chi connectivity index (χ2v) is 5.61. The van der Waals surface area contributed by atoms with E-state index in [9.17, 15) is 4.79 Å². The van der Waals surface area contributed by atoms with Crippen LogP contribution in [0.5, 0.6) is 0 Å². The van der Waals surface area contributed by atoms with Gasteiger partial charge in [0.05, 0.1) is 16.3 Å². The lowest BCUT2D eigenvalue weighted by atomic mass is 9.85. The van der Waals surface area contributed by atoms with Crippen LogP contribution in [0.3, 0.4) is 0 Å². The molecule has 1 aliphatic carbocycles. The van der Waals surface area contributed by atoms with E-state index in [0.29, 0.717) is 22.2 Å². The Kier molecular flexibility index (Phi) is 4.70. The number of carbonyl (C=O) groups excluding carboxylic acids is 1. The highest BCUT2D eigenvalue weighted by Gasteiger charge is 2.24. The van der Waals surface area contributed by atoms with E-state index in [4.69, 9.17) is 22.1 Å². The summed E-state index contributed by atoms with van der Waals surface area (Å²) in [5, 5.41) is 0.459. The van der Waals surface area contributed by atoms with Gasteiger partial charge in [0.1, 0.15) is 6.10 Å². The van der Waals surface area contributed by atoms with Gasteiger partial charge in [0.2, 0.25) is 0 Å². The zero-order valence-corrected chi connectivity index (χ0v) is 12.0. The number of hydrogen-bond acceptors (Lipinski definition) is 3. The van der Waals surface area contributed by atoms with Crippen molar-refractivity contribution in [1.29, 1.82) is 0 Å². The molecular weight excluding hydrogens is 262 g/mol. The molecule has 0 spiro atoms. The molecule has 104 valence electrons. The van der Waals surface area contributed by atoms with Gasteiger partial charge < -0.3 is 10.5 Å². The number of anilines is 1. The fourth-order valence-electron chi connectivity index (χ4n) is 2.61. The van der Waals surface area contributed by atoms with Gasteiger partial charge in [-0.05, 0) is 43.4 Å². The van der Waals surface area contributed by atoms with Crippen molar-refractivity contribution in [1.82, 2.24) is 0 Å². The lowest BCUT2D eigenvalue weighted by Crippen LogP contribution is -2.25. The molecular formula is C15H20ClNO2. The van der Waals surface area contributed by atoms with Crippen LogP contribution in [0.1, 0.15) is 49.4 Å². The van der Waals surface area contributed by atoms with E-state index in [2.05, 4.69) is 6.92 Å². The Hall–Kier alpha value is -1.22. The minimum atomic E-state index is -0.301. The third kappa shape index (κ3) is 3.63. The topological polar surface area (TPSA) is 52.3 Å². The first kappa shape index (κ1) is 14.2. The van der Waals surface area contributed by atoms with Gasteiger partial charge in [-0.25, -0.2) is 4.79 Å². The van der Waals surface area contributed by atoms with Crippen molar-refractivity contribution in [2.45, 2.75) is 45.1 Å². The van der Waals surface area contributed by atoms with Gasteiger partial charge >= 0.3 is 5.97 Å². The Bertz CT molecular complexity index is 461. The predicted molar refractivity (Wildman–Crippen MR) is 77.3 cm³/mol. The summed E-state index contributed by atoms with van der Waals surface area (Å²) in [6, 6.07) is 4.86. The molecule has 19 heavy (non-hydrogen) atoms. The van der Waals surface area contributed by atoms with Gasteiger partial charge in [-0.3, -0.25) is 0 Å². The smallest absolute Gasteiger partial charge is 0.338 e. The Morgan fingerprint density at radius 1 is 1.47 bits per heavy atom. The monoisotopic (exact) mass is 281 g/mol. The van der Waals surface area contributed by atoms with Crippen LogP contribution in [0.2, 0.25) is 5.02 Å². The average molecular weight is 282 g/mol. The maximum absolute atomic E-state index is 12.1. The van der Waals surface area contributed by atoms with E-state index >= 15 is 0 Å². The van der Waals surface area contributed by atoms with Crippen LogP contribution in [0.15, 0.2) is 18.2 Å². The molecule has 1 aromatic rings. The van der Waals surface area contributed by atoms with Crippen molar-refractivity contribution in [2.75, 3.05) is 5.73 Å². The first-order valence-electron chi connectivity index (χ1n) is 6.86. The molecule has 2 rings (SSSR count). The molecule has 0 bridgehead atoms. The van der Waals surface area contributed by atoms with Crippen molar-refractivity contribution >= 4 is 23.3 Å². The van der Waals surface area contributed by atoms with Crippen molar-refractivity contribution < 1.29 is 9.53 Å². The number of esters is 1. The number of carbonyl (C=O) groups is 1. The lowest BCUT2D eigenvalue weighted by molar-refractivity contribution is 0.0140. The zero-order chi connectivity index (χ0) is 13.8. The van der Waals surface area contributed by atoms with Crippen molar-refractivity contribution in [3.05, 3.63) is 28.8 Å². The van der Waals surface area contributed by atoms with Gasteiger partial charge in [-0.2, -0.15) is 0 Å². The summed E-state index contributed by atoms with van der Waals surface area (Å²) in [5.41, 5.74) is 6.58. The highest BCUT2D eigenvalue weighted by Crippen LogP contribution is 2.29. The summed E-state index contributed by atoms with van der Waals surface area (Å²) in [6.45, 7) is 2.19. The van der Waals surface area contributed by atoms with Gasteiger partial charge in [-0.15, -0.1) is 0 Å². The molecule has 1 aliphatic rings. The lowest BCUT2D eigenvalue weighted by Gasteiger charge is -2.28. The van der Waals surface area contributed by atoms with E-state index < -0.39 is 0 Å².